The van der Waals surface area contributed by atoms with Gasteiger partial charge >= 0.3 is 0 Å². The topological polar surface area (TPSA) is 34.9 Å². The van der Waals surface area contributed by atoms with Gasteiger partial charge in [0.1, 0.15) is 5.82 Å². The van der Waals surface area contributed by atoms with Crippen LogP contribution < -0.4 is 5.56 Å². The van der Waals surface area contributed by atoms with Crippen LogP contribution in [0.5, 0.6) is 0 Å². The summed E-state index contributed by atoms with van der Waals surface area (Å²) in [5, 5.41) is 1.27. The number of para-hydroxylation sites is 1. The molecule has 4 rings (SSSR count). The molecule has 0 unspecified atom stereocenters. The lowest BCUT2D eigenvalue weighted by molar-refractivity contribution is 0.627. The van der Waals surface area contributed by atoms with Gasteiger partial charge in [0, 0.05) is 5.75 Å². The molecule has 0 aliphatic carbocycles. The van der Waals surface area contributed by atoms with Crippen molar-refractivity contribution in [3.8, 4) is 0 Å². The zero-order valence-corrected chi connectivity index (χ0v) is 15.3. The van der Waals surface area contributed by atoms with E-state index in [0.717, 1.165) is 11.1 Å². The molecule has 0 saturated carbocycles. The van der Waals surface area contributed by atoms with Crippen LogP contribution in [0.1, 0.15) is 11.1 Å². The zero-order chi connectivity index (χ0) is 18.6. The van der Waals surface area contributed by atoms with Gasteiger partial charge < -0.3 is 0 Å². The number of aromatic nitrogens is 2. The van der Waals surface area contributed by atoms with Crippen molar-refractivity contribution in [1.29, 1.82) is 0 Å². The van der Waals surface area contributed by atoms with Gasteiger partial charge in [-0.05, 0) is 35.4 Å². The Morgan fingerprint density at radius 1 is 0.852 bits per heavy atom. The van der Waals surface area contributed by atoms with Gasteiger partial charge in [-0.3, -0.25) is 9.36 Å². The van der Waals surface area contributed by atoms with Crippen molar-refractivity contribution in [2.45, 2.75) is 17.5 Å². The van der Waals surface area contributed by atoms with Gasteiger partial charge in [-0.25, -0.2) is 9.37 Å². The van der Waals surface area contributed by atoms with Crippen molar-refractivity contribution < 1.29 is 4.39 Å². The lowest BCUT2D eigenvalue weighted by atomic mass is 10.2. The second-order valence-electron chi connectivity index (χ2n) is 6.20. The van der Waals surface area contributed by atoms with Crippen molar-refractivity contribution in [3.63, 3.8) is 0 Å². The first kappa shape index (κ1) is 17.5. The monoisotopic (exact) mass is 376 g/mol. The molecule has 3 nitrogen and oxygen atoms in total. The van der Waals surface area contributed by atoms with Crippen LogP contribution >= 0.6 is 11.8 Å². The predicted octanol–water partition coefficient (Wildman–Crippen LogP) is 4.88. The van der Waals surface area contributed by atoms with Crippen LogP contribution in [0.4, 0.5) is 4.39 Å². The molecular weight excluding hydrogens is 359 g/mol. The Balaban J connectivity index is 1.73. The van der Waals surface area contributed by atoms with Crippen LogP contribution in [0.2, 0.25) is 0 Å². The summed E-state index contributed by atoms with van der Waals surface area (Å²) >= 11 is 1.48. The van der Waals surface area contributed by atoms with Gasteiger partial charge in [-0.15, -0.1) is 0 Å². The average Bonchev–Trinajstić information content (AvgIpc) is 2.71. The third-order valence-corrected chi connectivity index (χ3v) is 5.34. The molecule has 4 aromatic rings. The van der Waals surface area contributed by atoms with E-state index < -0.39 is 0 Å². The van der Waals surface area contributed by atoms with Gasteiger partial charge in [0.05, 0.1) is 17.4 Å². The number of hydrogen-bond donors (Lipinski definition) is 0. The smallest absolute Gasteiger partial charge is 0.262 e. The molecule has 0 radical (unpaired) electrons. The van der Waals surface area contributed by atoms with Gasteiger partial charge in [0.15, 0.2) is 5.16 Å². The highest BCUT2D eigenvalue weighted by atomic mass is 32.2. The molecule has 0 N–H and O–H groups in total. The first-order chi connectivity index (χ1) is 13.2. The van der Waals surface area contributed by atoms with Crippen molar-refractivity contribution in [1.82, 2.24) is 9.55 Å². The molecule has 0 bridgehead atoms. The van der Waals surface area contributed by atoms with E-state index in [4.69, 9.17) is 4.98 Å². The van der Waals surface area contributed by atoms with Crippen molar-refractivity contribution in [2.75, 3.05) is 0 Å². The van der Waals surface area contributed by atoms with Crippen LogP contribution in [-0.4, -0.2) is 9.55 Å². The molecule has 0 atom stereocenters. The summed E-state index contributed by atoms with van der Waals surface area (Å²) in [6.45, 7) is 0.462. The molecule has 0 aliphatic heterocycles. The third-order valence-electron chi connectivity index (χ3n) is 4.29. The van der Waals surface area contributed by atoms with Crippen molar-refractivity contribution >= 4 is 22.7 Å². The van der Waals surface area contributed by atoms with E-state index >= 15 is 0 Å². The molecule has 0 fully saturated rings. The second-order valence-corrected chi connectivity index (χ2v) is 7.15. The maximum absolute atomic E-state index is 13.1. The highest BCUT2D eigenvalue weighted by Crippen LogP contribution is 2.23. The fourth-order valence-corrected chi connectivity index (χ4v) is 3.85. The number of halogens is 1. The molecule has 0 aliphatic rings. The zero-order valence-electron chi connectivity index (χ0n) is 14.5. The molecule has 0 saturated heterocycles. The number of rotatable bonds is 5. The molecular formula is C22H17FN2OS. The average molecular weight is 376 g/mol. The summed E-state index contributed by atoms with van der Waals surface area (Å²) in [5.41, 5.74) is 2.66. The van der Waals surface area contributed by atoms with Crippen LogP contribution in [0.15, 0.2) is 88.8 Å². The minimum atomic E-state index is -0.256. The van der Waals surface area contributed by atoms with Crippen molar-refractivity contribution in [2.24, 2.45) is 0 Å². The maximum atomic E-state index is 13.1. The Labute approximate surface area is 160 Å². The van der Waals surface area contributed by atoms with E-state index in [-0.39, 0.29) is 11.4 Å². The van der Waals surface area contributed by atoms with E-state index in [0.29, 0.717) is 28.4 Å². The van der Waals surface area contributed by atoms with Gasteiger partial charge in [0.2, 0.25) is 0 Å². The number of benzene rings is 3. The quantitative estimate of drug-likeness (QED) is 0.368. The number of thioether (sulfide) groups is 1. The van der Waals surface area contributed by atoms with Gasteiger partial charge in [-0.1, -0.05) is 66.4 Å². The Morgan fingerprint density at radius 2 is 1.56 bits per heavy atom. The lowest BCUT2D eigenvalue weighted by Crippen LogP contribution is -2.24. The first-order valence-corrected chi connectivity index (χ1v) is 9.60. The predicted molar refractivity (Wildman–Crippen MR) is 108 cm³/mol. The fraction of sp³-hybridized carbons (Fsp3) is 0.0909. The highest BCUT2D eigenvalue weighted by Gasteiger charge is 2.12. The van der Waals surface area contributed by atoms with Crippen molar-refractivity contribution in [3.05, 3.63) is 106 Å². The summed E-state index contributed by atoms with van der Waals surface area (Å²) in [6, 6.07) is 23.6. The fourth-order valence-electron chi connectivity index (χ4n) is 2.89. The normalized spacial score (nSPS) is 11.0. The van der Waals surface area contributed by atoms with E-state index in [1.165, 1.54) is 23.9 Å². The SMILES string of the molecule is O=c1c2ccccc2nc(SCc2ccc(F)cc2)n1Cc1ccccc1. The van der Waals surface area contributed by atoms with Crippen LogP contribution in [0.3, 0.4) is 0 Å². The lowest BCUT2D eigenvalue weighted by Gasteiger charge is -2.13. The van der Waals surface area contributed by atoms with E-state index in [9.17, 15) is 9.18 Å². The number of nitrogens with zero attached hydrogens (tertiary/aromatic N) is 2. The Bertz CT molecular complexity index is 1120. The summed E-state index contributed by atoms with van der Waals surface area (Å²) in [6.07, 6.45) is 0. The first-order valence-electron chi connectivity index (χ1n) is 8.61. The molecule has 1 aromatic heterocycles. The van der Waals surface area contributed by atoms with Gasteiger partial charge in [-0.2, -0.15) is 0 Å². The van der Waals surface area contributed by atoms with Crippen LogP contribution in [-0.2, 0) is 12.3 Å². The summed E-state index contributed by atoms with van der Waals surface area (Å²) in [7, 11) is 0. The number of fused-ring (bicyclic) bond motifs is 1. The standard InChI is InChI=1S/C22H17FN2OS/c23-18-12-10-17(11-13-18)15-27-22-24-20-9-5-4-8-19(20)21(26)25(22)14-16-6-2-1-3-7-16/h1-13H,14-15H2. The Kier molecular flexibility index (Phi) is 5.03. The Morgan fingerprint density at radius 3 is 2.33 bits per heavy atom. The number of hydrogen-bond acceptors (Lipinski definition) is 3. The summed E-state index contributed by atoms with van der Waals surface area (Å²) in [5.74, 6) is 0.355. The summed E-state index contributed by atoms with van der Waals surface area (Å²) in [4.78, 5) is 17.8. The van der Waals surface area contributed by atoms with E-state index in [1.807, 2.05) is 48.5 Å². The van der Waals surface area contributed by atoms with Gasteiger partial charge in [0.25, 0.3) is 5.56 Å². The summed E-state index contributed by atoms with van der Waals surface area (Å²) < 4.78 is 14.8. The van der Waals surface area contributed by atoms with E-state index in [2.05, 4.69) is 0 Å². The second kappa shape index (κ2) is 7.76. The molecule has 0 spiro atoms. The third kappa shape index (κ3) is 3.93. The molecule has 134 valence electrons. The Hall–Kier alpha value is -2.92. The minimum absolute atomic E-state index is 0.0499. The molecule has 5 heteroatoms. The molecule has 27 heavy (non-hydrogen) atoms. The molecule has 1 heterocycles. The van der Waals surface area contributed by atoms with E-state index in [1.54, 1.807) is 22.8 Å². The molecule has 0 amide bonds. The van der Waals surface area contributed by atoms with Crippen LogP contribution in [0, 0.1) is 5.82 Å². The van der Waals surface area contributed by atoms with Crippen LogP contribution in [0.25, 0.3) is 10.9 Å². The highest BCUT2D eigenvalue weighted by molar-refractivity contribution is 7.98. The maximum Gasteiger partial charge on any atom is 0.262 e. The largest absolute Gasteiger partial charge is 0.283 e. The minimum Gasteiger partial charge on any atom is -0.283 e. The molecule has 3 aromatic carbocycles.